The maximum absolute atomic E-state index is 5.42. The Morgan fingerprint density at radius 1 is 1.00 bits per heavy atom. The Bertz CT molecular complexity index is 886. The molecule has 3 aromatic rings. The molecule has 0 fully saturated rings. The largest absolute Gasteiger partial charge is 0.454 e. The lowest BCUT2D eigenvalue weighted by Gasteiger charge is -2.11. The summed E-state index contributed by atoms with van der Waals surface area (Å²) in [5.41, 5.74) is 2.66. The highest BCUT2D eigenvalue weighted by Crippen LogP contribution is 2.35. The van der Waals surface area contributed by atoms with E-state index in [1.54, 1.807) is 12.4 Å². The summed E-state index contributed by atoms with van der Waals surface area (Å²) in [5.74, 6) is 2.73. The van der Waals surface area contributed by atoms with Crippen LogP contribution in [-0.2, 0) is 0 Å². The number of nitrogens with one attached hydrogen (secondary N) is 2. The van der Waals surface area contributed by atoms with Crippen LogP contribution in [0, 0.1) is 0 Å². The third kappa shape index (κ3) is 3.30. The van der Waals surface area contributed by atoms with Gasteiger partial charge in [-0.2, -0.15) is 4.98 Å². The molecule has 126 valence electrons. The molecule has 0 bridgehead atoms. The number of fused-ring (bicyclic) bond motifs is 1. The predicted octanol–water partition coefficient (Wildman–Crippen LogP) is 3.44. The summed E-state index contributed by atoms with van der Waals surface area (Å²) in [6.45, 7) is 3.00. The molecule has 0 atom stereocenters. The molecule has 1 aliphatic rings. The van der Waals surface area contributed by atoms with Crippen molar-refractivity contribution in [2.75, 3.05) is 24.0 Å². The van der Waals surface area contributed by atoms with Gasteiger partial charge in [0.25, 0.3) is 0 Å². The van der Waals surface area contributed by atoms with Crippen LogP contribution in [0.4, 0.5) is 17.5 Å². The van der Waals surface area contributed by atoms with Gasteiger partial charge in [0.15, 0.2) is 11.5 Å². The van der Waals surface area contributed by atoms with E-state index in [4.69, 9.17) is 9.47 Å². The Morgan fingerprint density at radius 2 is 1.84 bits per heavy atom. The molecule has 7 nitrogen and oxygen atoms in total. The normalized spacial score (nSPS) is 12.0. The number of benzene rings is 1. The number of anilines is 3. The maximum Gasteiger partial charge on any atom is 0.231 e. The molecule has 0 saturated heterocycles. The van der Waals surface area contributed by atoms with Gasteiger partial charge in [-0.25, -0.2) is 4.98 Å². The molecular formula is C18H17N5O2. The molecule has 3 heterocycles. The van der Waals surface area contributed by atoms with Gasteiger partial charge in [-0.15, -0.1) is 0 Å². The number of rotatable bonds is 5. The van der Waals surface area contributed by atoms with E-state index in [1.165, 1.54) is 0 Å². The fourth-order valence-electron chi connectivity index (χ4n) is 2.54. The van der Waals surface area contributed by atoms with Crippen LogP contribution in [-0.4, -0.2) is 28.3 Å². The number of pyridine rings is 1. The maximum atomic E-state index is 5.42. The van der Waals surface area contributed by atoms with E-state index >= 15 is 0 Å². The van der Waals surface area contributed by atoms with Gasteiger partial charge in [0.05, 0.1) is 5.69 Å². The SMILES string of the molecule is CCNc1nc(Nc2ccc3c(c2)OCO3)cc(-c2ccncc2)n1. The van der Waals surface area contributed by atoms with E-state index in [0.717, 1.165) is 35.0 Å². The first-order valence-corrected chi connectivity index (χ1v) is 8.02. The lowest BCUT2D eigenvalue weighted by Crippen LogP contribution is -2.05. The zero-order chi connectivity index (χ0) is 17.1. The van der Waals surface area contributed by atoms with Crippen molar-refractivity contribution in [3.05, 3.63) is 48.8 Å². The monoisotopic (exact) mass is 335 g/mol. The van der Waals surface area contributed by atoms with Crippen molar-refractivity contribution in [1.29, 1.82) is 0 Å². The molecular weight excluding hydrogens is 318 g/mol. The molecule has 1 aromatic carbocycles. The summed E-state index contributed by atoms with van der Waals surface area (Å²) in [7, 11) is 0. The fourth-order valence-corrected chi connectivity index (χ4v) is 2.54. The van der Waals surface area contributed by atoms with Crippen LogP contribution in [0.1, 0.15) is 6.92 Å². The van der Waals surface area contributed by atoms with Crippen LogP contribution < -0.4 is 20.1 Å². The van der Waals surface area contributed by atoms with Crippen LogP contribution >= 0.6 is 0 Å². The van der Waals surface area contributed by atoms with E-state index in [-0.39, 0.29) is 6.79 Å². The third-order valence-electron chi connectivity index (χ3n) is 3.68. The minimum Gasteiger partial charge on any atom is -0.454 e. The molecule has 1 aliphatic heterocycles. The first-order chi connectivity index (χ1) is 12.3. The standard InChI is InChI=1S/C18H17N5O2/c1-2-20-18-22-14(12-5-7-19-8-6-12)10-17(23-18)21-13-3-4-15-16(9-13)25-11-24-15/h3-10H,2,11H2,1H3,(H2,20,21,22,23). The van der Waals surface area contributed by atoms with E-state index in [0.29, 0.717) is 11.8 Å². The molecule has 0 unspecified atom stereocenters. The lowest BCUT2D eigenvalue weighted by molar-refractivity contribution is 0.174. The number of hydrogen-bond donors (Lipinski definition) is 2. The molecule has 2 N–H and O–H groups in total. The van der Waals surface area contributed by atoms with Crippen LogP contribution in [0.5, 0.6) is 11.5 Å². The highest BCUT2D eigenvalue weighted by Gasteiger charge is 2.14. The van der Waals surface area contributed by atoms with Crippen molar-refractivity contribution >= 4 is 17.5 Å². The average Bonchev–Trinajstić information content (AvgIpc) is 3.10. The van der Waals surface area contributed by atoms with E-state index in [1.807, 2.05) is 43.3 Å². The van der Waals surface area contributed by atoms with Crippen LogP contribution in [0.15, 0.2) is 48.8 Å². The summed E-state index contributed by atoms with van der Waals surface area (Å²) < 4.78 is 10.8. The smallest absolute Gasteiger partial charge is 0.231 e. The second kappa shape index (κ2) is 6.64. The molecule has 4 rings (SSSR count). The highest BCUT2D eigenvalue weighted by atomic mass is 16.7. The van der Waals surface area contributed by atoms with Gasteiger partial charge in [0.2, 0.25) is 12.7 Å². The Hall–Kier alpha value is -3.35. The quantitative estimate of drug-likeness (QED) is 0.739. The summed E-state index contributed by atoms with van der Waals surface area (Å²) in [4.78, 5) is 13.1. The van der Waals surface area contributed by atoms with Gasteiger partial charge in [0, 0.05) is 42.3 Å². The second-order valence-electron chi connectivity index (χ2n) is 5.42. The van der Waals surface area contributed by atoms with Gasteiger partial charge in [-0.3, -0.25) is 4.98 Å². The Labute approximate surface area is 145 Å². The summed E-state index contributed by atoms with van der Waals surface area (Å²) in [5, 5.41) is 6.46. The predicted molar refractivity (Wildman–Crippen MR) is 95.3 cm³/mol. The Balaban J connectivity index is 1.67. The fraction of sp³-hybridized carbons (Fsp3) is 0.167. The molecule has 0 aliphatic carbocycles. The first kappa shape index (κ1) is 15.2. The Morgan fingerprint density at radius 3 is 2.68 bits per heavy atom. The number of ether oxygens (including phenoxy) is 2. The van der Waals surface area contributed by atoms with E-state index in [2.05, 4.69) is 25.6 Å². The molecule has 25 heavy (non-hydrogen) atoms. The molecule has 0 radical (unpaired) electrons. The Kier molecular flexibility index (Phi) is 4.04. The minimum absolute atomic E-state index is 0.253. The molecule has 2 aromatic heterocycles. The van der Waals surface area contributed by atoms with E-state index in [9.17, 15) is 0 Å². The van der Waals surface area contributed by atoms with Crippen molar-refractivity contribution in [1.82, 2.24) is 15.0 Å². The second-order valence-corrected chi connectivity index (χ2v) is 5.42. The number of aromatic nitrogens is 3. The first-order valence-electron chi connectivity index (χ1n) is 8.02. The van der Waals surface area contributed by atoms with Crippen LogP contribution in [0.25, 0.3) is 11.3 Å². The summed E-state index contributed by atoms with van der Waals surface area (Å²) in [6, 6.07) is 11.4. The summed E-state index contributed by atoms with van der Waals surface area (Å²) in [6.07, 6.45) is 3.49. The molecule has 0 amide bonds. The van der Waals surface area contributed by atoms with Crippen molar-refractivity contribution in [2.45, 2.75) is 6.92 Å². The number of nitrogens with zero attached hydrogens (tertiary/aromatic N) is 3. The lowest BCUT2D eigenvalue weighted by atomic mass is 10.2. The van der Waals surface area contributed by atoms with Gasteiger partial charge in [-0.05, 0) is 31.2 Å². The molecule has 7 heteroatoms. The van der Waals surface area contributed by atoms with E-state index < -0.39 is 0 Å². The van der Waals surface area contributed by atoms with Gasteiger partial charge in [-0.1, -0.05) is 0 Å². The molecule has 0 spiro atoms. The van der Waals surface area contributed by atoms with Crippen LogP contribution in [0.2, 0.25) is 0 Å². The van der Waals surface area contributed by atoms with Gasteiger partial charge >= 0.3 is 0 Å². The summed E-state index contributed by atoms with van der Waals surface area (Å²) >= 11 is 0. The number of hydrogen-bond acceptors (Lipinski definition) is 7. The molecule has 0 saturated carbocycles. The van der Waals surface area contributed by atoms with Crippen molar-refractivity contribution in [2.24, 2.45) is 0 Å². The minimum atomic E-state index is 0.253. The van der Waals surface area contributed by atoms with Crippen molar-refractivity contribution in [3.8, 4) is 22.8 Å². The van der Waals surface area contributed by atoms with Gasteiger partial charge in [0.1, 0.15) is 5.82 Å². The zero-order valence-electron chi connectivity index (χ0n) is 13.7. The van der Waals surface area contributed by atoms with Crippen molar-refractivity contribution < 1.29 is 9.47 Å². The van der Waals surface area contributed by atoms with Crippen molar-refractivity contribution in [3.63, 3.8) is 0 Å². The highest BCUT2D eigenvalue weighted by molar-refractivity contribution is 5.68. The van der Waals surface area contributed by atoms with Gasteiger partial charge < -0.3 is 20.1 Å². The average molecular weight is 335 g/mol. The van der Waals surface area contributed by atoms with Crippen LogP contribution in [0.3, 0.4) is 0 Å². The topological polar surface area (TPSA) is 81.2 Å². The zero-order valence-corrected chi connectivity index (χ0v) is 13.7. The third-order valence-corrected chi connectivity index (χ3v) is 3.68.